The van der Waals surface area contributed by atoms with Crippen LogP contribution in [-0.2, 0) is 6.42 Å². The Kier molecular flexibility index (Phi) is 6.61. The third-order valence-electron chi connectivity index (χ3n) is 6.71. The summed E-state index contributed by atoms with van der Waals surface area (Å²) >= 11 is 0. The molecular weight excluding hydrogens is 390 g/mol. The first-order valence-electron chi connectivity index (χ1n) is 11.4. The van der Waals surface area contributed by atoms with Gasteiger partial charge in [-0.15, -0.1) is 0 Å². The van der Waals surface area contributed by atoms with Gasteiger partial charge in [0.25, 0.3) is 5.69 Å². The highest BCUT2D eigenvalue weighted by Gasteiger charge is 2.29. The Bertz CT molecular complexity index is 904. The molecule has 4 rings (SSSR count). The molecule has 1 aliphatic heterocycles. The number of hydrogen-bond donors (Lipinski definition) is 2. The van der Waals surface area contributed by atoms with Crippen LogP contribution in [0.3, 0.4) is 0 Å². The third kappa shape index (κ3) is 4.93. The van der Waals surface area contributed by atoms with Gasteiger partial charge in [0.05, 0.1) is 16.3 Å². The van der Waals surface area contributed by atoms with Gasteiger partial charge in [-0.25, -0.2) is 0 Å². The molecule has 1 aliphatic carbocycles. The molecule has 2 aromatic carbocycles. The van der Waals surface area contributed by atoms with Crippen LogP contribution in [-0.4, -0.2) is 43.0 Å². The van der Waals surface area contributed by atoms with Gasteiger partial charge in [0.1, 0.15) is 5.69 Å². The summed E-state index contributed by atoms with van der Waals surface area (Å²) in [6, 6.07) is 11.5. The maximum atomic E-state index is 11.9. The first kappa shape index (κ1) is 21.4. The van der Waals surface area contributed by atoms with Gasteiger partial charge in [-0.05, 0) is 31.5 Å². The van der Waals surface area contributed by atoms with E-state index in [0.717, 1.165) is 55.2 Å². The van der Waals surface area contributed by atoms with Gasteiger partial charge < -0.3 is 20.9 Å². The summed E-state index contributed by atoms with van der Waals surface area (Å²) in [7, 11) is 2.13. The predicted octanol–water partition coefficient (Wildman–Crippen LogP) is 4.80. The second-order valence-electron chi connectivity index (χ2n) is 8.93. The van der Waals surface area contributed by atoms with Crippen LogP contribution in [0.2, 0.25) is 0 Å². The van der Waals surface area contributed by atoms with Gasteiger partial charge >= 0.3 is 0 Å². The molecule has 31 heavy (non-hydrogen) atoms. The Hall–Kier alpha value is -2.80. The number of rotatable bonds is 6. The normalized spacial score (nSPS) is 18.2. The summed E-state index contributed by atoms with van der Waals surface area (Å²) in [5.41, 5.74) is 10.5. The van der Waals surface area contributed by atoms with Gasteiger partial charge in [0.15, 0.2) is 0 Å². The minimum absolute atomic E-state index is 0.00196. The first-order valence-corrected chi connectivity index (χ1v) is 11.4. The van der Waals surface area contributed by atoms with Crippen molar-refractivity contribution in [3.05, 3.63) is 52.1 Å². The fourth-order valence-corrected chi connectivity index (χ4v) is 4.93. The van der Waals surface area contributed by atoms with Crippen LogP contribution in [0.25, 0.3) is 0 Å². The molecule has 0 aromatic heterocycles. The van der Waals surface area contributed by atoms with E-state index in [4.69, 9.17) is 5.73 Å². The van der Waals surface area contributed by atoms with Crippen molar-refractivity contribution < 1.29 is 4.92 Å². The average molecular weight is 424 g/mol. The summed E-state index contributed by atoms with van der Waals surface area (Å²) in [6.45, 7) is 3.69. The van der Waals surface area contributed by atoms with E-state index in [0.29, 0.717) is 11.6 Å². The van der Waals surface area contributed by atoms with E-state index in [1.165, 1.54) is 32.1 Å². The van der Waals surface area contributed by atoms with Crippen LogP contribution in [0, 0.1) is 16.0 Å². The van der Waals surface area contributed by atoms with Crippen molar-refractivity contribution in [1.82, 2.24) is 4.90 Å². The zero-order chi connectivity index (χ0) is 21.8. The lowest BCUT2D eigenvalue weighted by atomic mass is 9.83. The number of likely N-dealkylation sites (N-methyl/N-ethyl adjacent to an activating group) is 1. The average Bonchev–Trinajstić information content (AvgIpc) is 2.78. The Labute approximate surface area is 184 Å². The van der Waals surface area contributed by atoms with Crippen LogP contribution < -0.4 is 16.0 Å². The number of nitrogen functional groups attached to an aromatic ring is 1. The molecule has 0 unspecified atom stereocenters. The minimum Gasteiger partial charge on any atom is -0.393 e. The SMILES string of the molecule is CN1CCN(c2c(Nc3ccccc3)cc([N+](=O)[O-])c(N)c2CC2CCCCC2)CC1. The molecule has 7 heteroatoms. The standard InChI is InChI=1S/C24H33N5O2/c1-27-12-14-28(15-13-27)24-20(16-18-8-4-2-5-9-18)23(25)22(29(30)31)17-21(24)26-19-10-6-3-7-11-19/h3,6-7,10-11,17-18,26H,2,4-5,8-9,12-16,25H2,1H3. The number of anilines is 4. The number of nitro benzene ring substituents is 1. The molecule has 0 bridgehead atoms. The van der Waals surface area contributed by atoms with Crippen molar-refractivity contribution in [2.45, 2.75) is 38.5 Å². The molecule has 1 heterocycles. The van der Waals surface area contributed by atoms with E-state index in [1.54, 1.807) is 6.07 Å². The molecule has 2 aliphatic rings. The van der Waals surface area contributed by atoms with Gasteiger partial charge in [0, 0.05) is 43.5 Å². The lowest BCUT2D eigenvalue weighted by Crippen LogP contribution is -2.45. The Morgan fingerprint density at radius 2 is 1.77 bits per heavy atom. The largest absolute Gasteiger partial charge is 0.393 e. The molecule has 2 aromatic rings. The Morgan fingerprint density at radius 1 is 1.10 bits per heavy atom. The quantitative estimate of drug-likeness (QED) is 0.394. The van der Waals surface area contributed by atoms with Crippen LogP contribution in [0.5, 0.6) is 0 Å². The maximum absolute atomic E-state index is 11.9. The van der Waals surface area contributed by atoms with E-state index in [1.807, 2.05) is 30.3 Å². The predicted molar refractivity (Wildman–Crippen MR) is 127 cm³/mol. The lowest BCUT2D eigenvalue weighted by Gasteiger charge is -2.37. The van der Waals surface area contributed by atoms with Crippen molar-refractivity contribution in [3.8, 4) is 0 Å². The van der Waals surface area contributed by atoms with Crippen LogP contribution >= 0.6 is 0 Å². The van der Waals surface area contributed by atoms with E-state index < -0.39 is 0 Å². The van der Waals surface area contributed by atoms with Crippen molar-refractivity contribution in [2.24, 2.45) is 5.92 Å². The topological polar surface area (TPSA) is 87.7 Å². The van der Waals surface area contributed by atoms with Gasteiger partial charge in [0.2, 0.25) is 0 Å². The number of piperazine rings is 1. The minimum atomic E-state index is -0.344. The monoisotopic (exact) mass is 423 g/mol. The van der Waals surface area contributed by atoms with E-state index >= 15 is 0 Å². The van der Waals surface area contributed by atoms with Gasteiger partial charge in [-0.3, -0.25) is 10.1 Å². The molecule has 3 N–H and O–H groups in total. The number of nitrogens with two attached hydrogens (primary N) is 1. The fraction of sp³-hybridized carbons (Fsp3) is 0.500. The van der Waals surface area contributed by atoms with Crippen LogP contribution in [0.15, 0.2) is 36.4 Å². The number of hydrogen-bond acceptors (Lipinski definition) is 6. The Balaban J connectivity index is 1.81. The summed E-state index contributed by atoms with van der Waals surface area (Å²) in [5.74, 6) is 0.536. The van der Waals surface area contributed by atoms with Crippen molar-refractivity contribution in [2.75, 3.05) is 49.2 Å². The molecule has 166 valence electrons. The second kappa shape index (κ2) is 9.56. The molecular formula is C24H33N5O2. The van der Waals surface area contributed by atoms with Crippen molar-refractivity contribution >= 4 is 28.4 Å². The summed E-state index contributed by atoms with van der Waals surface area (Å²) in [6.07, 6.45) is 6.90. The Morgan fingerprint density at radius 3 is 2.42 bits per heavy atom. The lowest BCUT2D eigenvalue weighted by molar-refractivity contribution is -0.383. The zero-order valence-electron chi connectivity index (χ0n) is 18.3. The second-order valence-corrected chi connectivity index (χ2v) is 8.93. The first-order chi connectivity index (χ1) is 15.0. The molecule has 1 saturated heterocycles. The highest BCUT2D eigenvalue weighted by atomic mass is 16.6. The van der Waals surface area contributed by atoms with Crippen LogP contribution in [0.4, 0.5) is 28.4 Å². The highest BCUT2D eigenvalue weighted by Crippen LogP contribution is 2.44. The highest BCUT2D eigenvalue weighted by molar-refractivity contribution is 5.87. The van der Waals surface area contributed by atoms with Crippen molar-refractivity contribution in [1.29, 1.82) is 0 Å². The molecule has 0 amide bonds. The molecule has 7 nitrogen and oxygen atoms in total. The molecule has 0 atom stereocenters. The van der Waals surface area contributed by atoms with E-state index in [9.17, 15) is 10.1 Å². The van der Waals surface area contributed by atoms with E-state index in [2.05, 4.69) is 22.2 Å². The van der Waals surface area contributed by atoms with Crippen molar-refractivity contribution in [3.63, 3.8) is 0 Å². The molecule has 2 fully saturated rings. The zero-order valence-corrected chi connectivity index (χ0v) is 18.3. The number of benzene rings is 2. The third-order valence-corrected chi connectivity index (χ3v) is 6.71. The maximum Gasteiger partial charge on any atom is 0.294 e. The number of nitrogens with one attached hydrogen (secondary N) is 1. The van der Waals surface area contributed by atoms with E-state index in [-0.39, 0.29) is 10.6 Å². The van der Waals surface area contributed by atoms with Gasteiger partial charge in [-0.1, -0.05) is 50.3 Å². The summed E-state index contributed by atoms with van der Waals surface area (Å²) in [4.78, 5) is 16.2. The van der Waals surface area contributed by atoms with Gasteiger partial charge in [-0.2, -0.15) is 0 Å². The van der Waals surface area contributed by atoms with Crippen LogP contribution in [0.1, 0.15) is 37.7 Å². The smallest absolute Gasteiger partial charge is 0.294 e. The molecule has 0 radical (unpaired) electrons. The number of nitro groups is 1. The molecule has 0 spiro atoms. The fourth-order valence-electron chi connectivity index (χ4n) is 4.93. The summed E-state index contributed by atoms with van der Waals surface area (Å²) in [5, 5.41) is 15.3. The number of para-hydroxylation sites is 1. The molecule has 1 saturated carbocycles. The summed E-state index contributed by atoms with van der Waals surface area (Å²) < 4.78 is 0. The number of nitrogens with zero attached hydrogens (tertiary/aromatic N) is 3.